The van der Waals surface area contributed by atoms with Gasteiger partial charge in [-0.2, -0.15) is 0 Å². The lowest BCUT2D eigenvalue weighted by Gasteiger charge is -2.06. The molecule has 0 aliphatic carbocycles. The Labute approximate surface area is 107 Å². The van der Waals surface area contributed by atoms with Gasteiger partial charge < -0.3 is 0 Å². The summed E-state index contributed by atoms with van der Waals surface area (Å²) in [5.41, 5.74) is 1.42. The van der Waals surface area contributed by atoms with Gasteiger partial charge >= 0.3 is 0 Å². The third-order valence-corrected chi connectivity index (χ3v) is 3.51. The van der Waals surface area contributed by atoms with E-state index in [4.69, 9.17) is 0 Å². The van der Waals surface area contributed by atoms with Crippen molar-refractivity contribution in [2.75, 3.05) is 0 Å². The fraction of sp³-hybridized carbons (Fsp3) is 0.0769. The van der Waals surface area contributed by atoms with Crippen molar-refractivity contribution in [2.45, 2.75) is 6.92 Å². The van der Waals surface area contributed by atoms with E-state index in [1.165, 1.54) is 12.3 Å². The lowest BCUT2D eigenvalue weighted by atomic mass is 10.0. The summed E-state index contributed by atoms with van der Waals surface area (Å²) in [4.78, 5) is 15.8. The minimum atomic E-state index is -0.606. The number of halogens is 2. The number of carbonyl (C=O) groups is 1. The zero-order valence-corrected chi connectivity index (χ0v) is 10.7. The number of pyridine rings is 1. The SMILES string of the molecule is Cc1cccc(C(=O)c2ccncc2F)c1Br. The van der Waals surface area contributed by atoms with Gasteiger partial charge in [-0.15, -0.1) is 0 Å². The lowest BCUT2D eigenvalue weighted by Crippen LogP contribution is -2.06. The quantitative estimate of drug-likeness (QED) is 0.793. The Bertz CT molecular complexity index is 583. The minimum Gasteiger partial charge on any atom is -0.288 e. The molecule has 1 aromatic heterocycles. The van der Waals surface area contributed by atoms with Gasteiger partial charge in [0.25, 0.3) is 0 Å². The third kappa shape index (κ3) is 2.26. The van der Waals surface area contributed by atoms with Gasteiger partial charge in [0.15, 0.2) is 11.6 Å². The van der Waals surface area contributed by atoms with Crippen molar-refractivity contribution in [2.24, 2.45) is 0 Å². The Morgan fingerprint density at radius 2 is 2.06 bits per heavy atom. The number of aromatic nitrogens is 1. The number of benzene rings is 1. The molecule has 0 amide bonds. The second kappa shape index (κ2) is 4.75. The molecular formula is C13H9BrFNO. The van der Waals surface area contributed by atoms with Crippen molar-refractivity contribution in [1.82, 2.24) is 4.98 Å². The van der Waals surface area contributed by atoms with Gasteiger partial charge in [0.1, 0.15) is 0 Å². The first-order valence-corrected chi connectivity index (χ1v) is 5.80. The van der Waals surface area contributed by atoms with E-state index < -0.39 is 5.82 Å². The Morgan fingerprint density at radius 1 is 1.29 bits per heavy atom. The van der Waals surface area contributed by atoms with Crippen LogP contribution in [0.5, 0.6) is 0 Å². The number of ketones is 1. The van der Waals surface area contributed by atoms with Gasteiger partial charge in [-0.25, -0.2) is 4.39 Å². The first kappa shape index (κ1) is 11.9. The molecule has 0 atom stereocenters. The molecule has 0 aliphatic heterocycles. The summed E-state index contributed by atoms with van der Waals surface area (Å²) in [5, 5.41) is 0. The van der Waals surface area contributed by atoms with E-state index in [1.807, 2.05) is 13.0 Å². The summed E-state index contributed by atoms with van der Waals surface area (Å²) < 4.78 is 14.2. The van der Waals surface area contributed by atoms with Crippen LogP contribution in [-0.2, 0) is 0 Å². The highest BCUT2D eigenvalue weighted by Crippen LogP contribution is 2.24. The highest BCUT2D eigenvalue weighted by atomic mass is 79.9. The zero-order chi connectivity index (χ0) is 12.4. The van der Waals surface area contributed by atoms with E-state index in [1.54, 1.807) is 12.1 Å². The summed E-state index contributed by atoms with van der Waals surface area (Å²) in [6.45, 7) is 1.88. The van der Waals surface area contributed by atoms with Crippen molar-refractivity contribution >= 4 is 21.7 Å². The van der Waals surface area contributed by atoms with Crippen molar-refractivity contribution in [3.63, 3.8) is 0 Å². The second-order valence-corrected chi connectivity index (χ2v) is 4.41. The van der Waals surface area contributed by atoms with E-state index in [0.717, 1.165) is 11.8 Å². The maximum atomic E-state index is 13.5. The van der Waals surface area contributed by atoms with Crippen LogP contribution in [0.15, 0.2) is 41.1 Å². The smallest absolute Gasteiger partial charge is 0.197 e. The maximum absolute atomic E-state index is 13.5. The number of carbonyl (C=O) groups excluding carboxylic acids is 1. The molecule has 1 aromatic carbocycles. The molecule has 0 saturated carbocycles. The normalized spacial score (nSPS) is 10.3. The van der Waals surface area contributed by atoms with Crippen LogP contribution in [0.3, 0.4) is 0 Å². The van der Waals surface area contributed by atoms with Crippen LogP contribution in [-0.4, -0.2) is 10.8 Å². The summed E-state index contributed by atoms with van der Waals surface area (Å²) >= 11 is 3.34. The molecule has 86 valence electrons. The first-order chi connectivity index (χ1) is 8.11. The Balaban J connectivity index is 2.52. The molecule has 2 aromatic rings. The zero-order valence-electron chi connectivity index (χ0n) is 9.08. The third-order valence-electron chi connectivity index (χ3n) is 2.45. The fourth-order valence-corrected chi connectivity index (χ4v) is 1.97. The van der Waals surface area contributed by atoms with Gasteiger partial charge in [0.2, 0.25) is 0 Å². The summed E-state index contributed by atoms with van der Waals surface area (Å²) in [7, 11) is 0. The lowest BCUT2D eigenvalue weighted by molar-refractivity contribution is 0.103. The summed E-state index contributed by atoms with van der Waals surface area (Å²) in [5.74, 6) is -0.952. The maximum Gasteiger partial charge on any atom is 0.197 e. The number of hydrogen-bond donors (Lipinski definition) is 0. The average Bonchev–Trinajstić information content (AvgIpc) is 2.32. The summed E-state index contributed by atoms with van der Waals surface area (Å²) in [6, 6.07) is 6.70. The van der Waals surface area contributed by atoms with Crippen LogP contribution in [0.1, 0.15) is 21.5 Å². The number of aryl methyl sites for hydroxylation is 1. The molecule has 0 N–H and O–H groups in total. The molecule has 0 spiro atoms. The molecular weight excluding hydrogens is 285 g/mol. The average molecular weight is 294 g/mol. The van der Waals surface area contributed by atoms with E-state index >= 15 is 0 Å². The molecule has 2 nitrogen and oxygen atoms in total. The molecule has 0 saturated heterocycles. The van der Waals surface area contributed by atoms with E-state index in [0.29, 0.717) is 10.0 Å². The predicted octanol–water partition coefficient (Wildman–Crippen LogP) is 3.52. The molecule has 0 fully saturated rings. The molecule has 0 aliphatic rings. The van der Waals surface area contributed by atoms with Gasteiger partial charge in [0.05, 0.1) is 11.8 Å². The molecule has 0 radical (unpaired) electrons. The summed E-state index contributed by atoms with van der Waals surface area (Å²) in [6.07, 6.45) is 2.44. The van der Waals surface area contributed by atoms with Crippen LogP contribution in [0, 0.1) is 12.7 Å². The van der Waals surface area contributed by atoms with Crippen molar-refractivity contribution in [3.8, 4) is 0 Å². The second-order valence-electron chi connectivity index (χ2n) is 3.62. The molecule has 2 rings (SSSR count). The Morgan fingerprint density at radius 3 is 2.76 bits per heavy atom. The van der Waals surface area contributed by atoms with Crippen molar-refractivity contribution in [1.29, 1.82) is 0 Å². The largest absolute Gasteiger partial charge is 0.288 e. The number of rotatable bonds is 2. The van der Waals surface area contributed by atoms with Gasteiger partial charge in [0, 0.05) is 16.2 Å². The van der Waals surface area contributed by atoms with Crippen LogP contribution >= 0.6 is 15.9 Å². The Hall–Kier alpha value is -1.55. The van der Waals surface area contributed by atoms with Crippen LogP contribution in [0.2, 0.25) is 0 Å². The number of hydrogen-bond acceptors (Lipinski definition) is 2. The van der Waals surface area contributed by atoms with E-state index in [-0.39, 0.29) is 11.3 Å². The van der Waals surface area contributed by atoms with Crippen LogP contribution in [0.25, 0.3) is 0 Å². The van der Waals surface area contributed by atoms with Crippen molar-refractivity contribution in [3.05, 3.63) is 63.6 Å². The van der Waals surface area contributed by atoms with Crippen molar-refractivity contribution < 1.29 is 9.18 Å². The fourth-order valence-electron chi connectivity index (χ4n) is 1.53. The van der Waals surface area contributed by atoms with Gasteiger partial charge in [-0.1, -0.05) is 12.1 Å². The molecule has 4 heteroatoms. The van der Waals surface area contributed by atoms with Gasteiger partial charge in [-0.05, 0) is 40.5 Å². The van der Waals surface area contributed by atoms with Crippen LogP contribution < -0.4 is 0 Å². The molecule has 0 bridgehead atoms. The van der Waals surface area contributed by atoms with E-state index in [2.05, 4.69) is 20.9 Å². The first-order valence-electron chi connectivity index (χ1n) is 5.00. The Kier molecular flexibility index (Phi) is 3.33. The highest BCUT2D eigenvalue weighted by molar-refractivity contribution is 9.10. The van der Waals surface area contributed by atoms with E-state index in [9.17, 15) is 9.18 Å². The number of nitrogens with zero attached hydrogens (tertiary/aromatic N) is 1. The molecule has 17 heavy (non-hydrogen) atoms. The highest BCUT2D eigenvalue weighted by Gasteiger charge is 2.16. The topological polar surface area (TPSA) is 30.0 Å². The van der Waals surface area contributed by atoms with Gasteiger partial charge in [-0.3, -0.25) is 9.78 Å². The monoisotopic (exact) mass is 293 g/mol. The minimum absolute atomic E-state index is 0.0336. The molecule has 1 heterocycles. The van der Waals surface area contributed by atoms with Crippen LogP contribution in [0.4, 0.5) is 4.39 Å². The standard InChI is InChI=1S/C13H9BrFNO/c1-8-3-2-4-10(12(8)14)13(17)9-5-6-16-7-11(9)15/h2-7H,1H3. The predicted molar refractivity (Wildman–Crippen MR) is 66.5 cm³/mol. The molecule has 0 unspecified atom stereocenters.